The smallest absolute Gasteiger partial charge is 0.355 e. The second kappa shape index (κ2) is 8.62. The van der Waals surface area contributed by atoms with Gasteiger partial charge in [0.05, 0.1) is 5.56 Å². The zero-order valence-electron chi connectivity index (χ0n) is 16.9. The Hall–Kier alpha value is -2.40. The standard InChI is InChI=1S/C20H24F3N5O2S/c21-20(22,23)16-4-6-18(24-14-16)26-8-3-9-27(13-12-26)19-7-5-17(15-25-19)31(29,30)28-10-1-2-11-28/h4-7,14-15H,1-3,8-13H2. The number of rotatable bonds is 4. The second-order valence-corrected chi connectivity index (χ2v) is 9.63. The minimum Gasteiger partial charge on any atom is -0.355 e. The SMILES string of the molecule is O=S(=O)(c1ccc(N2CCCN(c3ccc(C(F)(F)F)cn3)CC2)nc1)N1CCCC1. The van der Waals surface area contributed by atoms with E-state index < -0.39 is 21.8 Å². The van der Waals surface area contributed by atoms with Crippen LogP contribution in [-0.4, -0.2) is 62.0 Å². The highest BCUT2D eigenvalue weighted by Crippen LogP contribution is 2.29. The molecule has 0 saturated carbocycles. The van der Waals surface area contributed by atoms with Gasteiger partial charge in [-0.25, -0.2) is 18.4 Å². The molecule has 4 heterocycles. The van der Waals surface area contributed by atoms with Crippen LogP contribution >= 0.6 is 0 Å². The summed E-state index contributed by atoms with van der Waals surface area (Å²) in [6.45, 7) is 3.65. The van der Waals surface area contributed by atoms with Crippen molar-refractivity contribution in [1.29, 1.82) is 0 Å². The molecule has 0 bridgehead atoms. The molecule has 0 radical (unpaired) electrons. The summed E-state index contributed by atoms with van der Waals surface area (Å²) in [4.78, 5) is 12.6. The fraction of sp³-hybridized carbons (Fsp3) is 0.500. The third-order valence-electron chi connectivity index (χ3n) is 5.64. The van der Waals surface area contributed by atoms with E-state index in [1.54, 1.807) is 12.1 Å². The first kappa shape index (κ1) is 21.8. The molecule has 2 aromatic heterocycles. The van der Waals surface area contributed by atoms with E-state index in [-0.39, 0.29) is 4.90 Å². The van der Waals surface area contributed by atoms with Gasteiger partial charge in [0, 0.05) is 51.7 Å². The molecule has 0 unspecified atom stereocenters. The third-order valence-corrected chi connectivity index (χ3v) is 7.52. The molecule has 2 aliphatic rings. The van der Waals surface area contributed by atoms with Crippen molar-refractivity contribution in [2.24, 2.45) is 0 Å². The van der Waals surface area contributed by atoms with E-state index >= 15 is 0 Å². The molecule has 31 heavy (non-hydrogen) atoms. The first-order chi connectivity index (χ1) is 14.7. The molecule has 0 N–H and O–H groups in total. The molecular formula is C20H24F3N5O2S. The number of nitrogens with zero attached hydrogens (tertiary/aromatic N) is 5. The minimum atomic E-state index is -4.40. The summed E-state index contributed by atoms with van der Waals surface area (Å²) in [5, 5.41) is 0. The van der Waals surface area contributed by atoms with Gasteiger partial charge in [0.25, 0.3) is 0 Å². The van der Waals surface area contributed by atoms with Crippen molar-refractivity contribution >= 4 is 21.7 Å². The third kappa shape index (κ3) is 4.77. The van der Waals surface area contributed by atoms with Crippen molar-refractivity contribution < 1.29 is 21.6 Å². The Bertz CT molecular complexity index is 991. The molecule has 0 aromatic carbocycles. The van der Waals surface area contributed by atoms with Crippen LogP contribution in [0, 0.1) is 0 Å². The Balaban J connectivity index is 1.42. The summed E-state index contributed by atoms with van der Waals surface area (Å²) in [6, 6.07) is 5.76. The summed E-state index contributed by atoms with van der Waals surface area (Å²) in [6.07, 6.45) is 0.396. The second-order valence-electron chi connectivity index (χ2n) is 7.69. The van der Waals surface area contributed by atoms with Crippen LogP contribution in [0.2, 0.25) is 0 Å². The molecule has 168 valence electrons. The van der Waals surface area contributed by atoms with Gasteiger partial charge in [0.1, 0.15) is 16.5 Å². The highest BCUT2D eigenvalue weighted by molar-refractivity contribution is 7.89. The fourth-order valence-electron chi connectivity index (χ4n) is 3.91. The maximum Gasteiger partial charge on any atom is 0.417 e. The van der Waals surface area contributed by atoms with E-state index in [0.717, 1.165) is 31.5 Å². The highest BCUT2D eigenvalue weighted by atomic mass is 32.2. The molecule has 0 aliphatic carbocycles. The van der Waals surface area contributed by atoms with E-state index in [9.17, 15) is 21.6 Å². The number of hydrogen-bond donors (Lipinski definition) is 0. The Labute approximate surface area is 179 Å². The van der Waals surface area contributed by atoms with Gasteiger partial charge in [-0.3, -0.25) is 0 Å². The summed E-state index contributed by atoms with van der Waals surface area (Å²) in [5.41, 5.74) is -0.763. The molecular weight excluding hydrogens is 431 g/mol. The normalized spacial score (nSPS) is 18.9. The topological polar surface area (TPSA) is 69.6 Å². The summed E-state index contributed by atoms with van der Waals surface area (Å²) in [7, 11) is -3.50. The van der Waals surface area contributed by atoms with E-state index in [2.05, 4.69) is 14.9 Å². The van der Waals surface area contributed by atoms with Crippen LogP contribution in [0.1, 0.15) is 24.8 Å². The van der Waals surface area contributed by atoms with E-state index in [1.165, 1.54) is 16.6 Å². The highest BCUT2D eigenvalue weighted by Gasteiger charge is 2.31. The molecule has 0 spiro atoms. The Morgan fingerprint density at radius 2 is 1.32 bits per heavy atom. The quantitative estimate of drug-likeness (QED) is 0.706. The van der Waals surface area contributed by atoms with Crippen molar-refractivity contribution in [3.05, 3.63) is 42.2 Å². The van der Waals surface area contributed by atoms with Crippen molar-refractivity contribution in [3.8, 4) is 0 Å². The van der Waals surface area contributed by atoms with Gasteiger partial charge < -0.3 is 9.80 Å². The number of halogens is 3. The lowest BCUT2D eigenvalue weighted by atomic mass is 10.2. The van der Waals surface area contributed by atoms with Gasteiger partial charge in [-0.1, -0.05) is 0 Å². The zero-order chi connectivity index (χ0) is 22.1. The maximum atomic E-state index is 12.7. The number of hydrogen-bond acceptors (Lipinski definition) is 6. The van der Waals surface area contributed by atoms with Crippen molar-refractivity contribution in [3.63, 3.8) is 0 Å². The van der Waals surface area contributed by atoms with Crippen LogP contribution in [0.15, 0.2) is 41.6 Å². The van der Waals surface area contributed by atoms with Gasteiger partial charge in [0.15, 0.2) is 0 Å². The number of alkyl halides is 3. The molecule has 7 nitrogen and oxygen atoms in total. The maximum absolute atomic E-state index is 12.7. The largest absolute Gasteiger partial charge is 0.417 e. The van der Waals surface area contributed by atoms with Crippen molar-refractivity contribution in [2.75, 3.05) is 49.1 Å². The first-order valence-corrected chi connectivity index (χ1v) is 11.7. The number of pyridine rings is 2. The molecule has 0 atom stereocenters. The average molecular weight is 456 g/mol. The van der Waals surface area contributed by atoms with Gasteiger partial charge in [-0.05, 0) is 43.5 Å². The molecule has 2 fully saturated rings. The molecule has 0 amide bonds. The minimum absolute atomic E-state index is 0.198. The Kier molecular flexibility index (Phi) is 6.07. The summed E-state index contributed by atoms with van der Waals surface area (Å²) in [5.74, 6) is 1.19. The Morgan fingerprint density at radius 3 is 1.81 bits per heavy atom. The average Bonchev–Trinajstić information content (AvgIpc) is 3.19. The molecule has 11 heteroatoms. The van der Waals surface area contributed by atoms with Crippen LogP contribution in [0.5, 0.6) is 0 Å². The number of aromatic nitrogens is 2. The summed E-state index contributed by atoms with van der Waals surface area (Å²) >= 11 is 0. The van der Waals surface area contributed by atoms with Crippen LogP contribution in [0.3, 0.4) is 0 Å². The molecule has 2 aromatic rings. The lowest BCUT2D eigenvalue weighted by Crippen LogP contribution is -2.32. The number of anilines is 2. The molecule has 2 aliphatic heterocycles. The number of sulfonamides is 1. The Morgan fingerprint density at radius 1 is 0.742 bits per heavy atom. The first-order valence-electron chi connectivity index (χ1n) is 10.2. The van der Waals surface area contributed by atoms with Gasteiger partial charge in [-0.2, -0.15) is 17.5 Å². The van der Waals surface area contributed by atoms with E-state index in [0.29, 0.717) is 50.9 Å². The lowest BCUT2D eigenvalue weighted by molar-refractivity contribution is -0.137. The zero-order valence-corrected chi connectivity index (χ0v) is 17.7. The van der Waals surface area contributed by atoms with E-state index in [1.807, 2.05) is 4.90 Å². The van der Waals surface area contributed by atoms with Crippen LogP contribution in [0.25, 0.3) is 0 Å². The lowest BCUT2D eigenvalue weighted by Gasteiger charge is -2.24. The van der Waals surface area contributed by atoms with Gasteiger partial charge in [-0.15, -0.1) is 0 Å². The van der Waals surface area contributed by atoms with Crippen LogP contribution in [-0.2, 0) is 16.2 Å². The van der Waals surface area contributed by atoms with E-state index in [4.69, 9.17) is 0 Å². The van der Waals surface area contributed by atoms with Crippen molar-refractivity contribution in [1.82, 2.24) is 14.3 Å². The van der Waals surface area contributed by atoms with Gasteiger partial charge >= 0.3 is 6.18 Å². The predicted molar refractivity (Wildman–Crippen MR) is 111 cm³/mol. The van der Waals surface area contributed by atoms with Crippen LogP contribution < -0.4 is 9.80 Å². The molecule has 2 saturated heterocycles. The predicted octanol–water partition coefficient (Wildman–Crippen LogP) is 3.00. The van der Waals surface area contributed by atoms with Crippen LogP contribution in [0.4, 0.5) is 24.8 Å². The summed E-state index contributed by atoms with van der Waals surface area (Å²) < 4.78 is 65.0. The molecule has 4 rings (SSSR count). The monoisotopic (exact) mass is 455 g/mol. The fourth-order valence-corrected chi connectivity index (χ4v) is 5.37. The van der Waals surface area contributed by atoms with Crippen molar-refractivity contribution in [2.45, 2.75) is 30.3 Å². The van der Waals surface area contributed by atoms with Gasteiger partial charge in [0.2, 0.25) is 10.0 Å².